The van der Waals surface area contributed by atoms with Gasteiger partial charge < -0.3 is 10.2 Å². The molecule has 0 aromatic rings. The fourth-order valence-electron chi connectivity index (χ4n) is 4.68. The maximum atomic E-state index is 11.9. The van der Waals surface area contributed by atoms with Crippen LogP contribution in [0.1, 0.15) is 94.4 Å². The quantitative estimate of drug-likeness (QED) is 0.514. The molecule has 23 heavy (non-hydrogen) atoms. The van der Waals surface area contributed by atoms with Gasteiger partial charge in [-0.3, -0.25) is 0 Å². The van der Waals surface area contributed by atoms with Crippen molar-refractivity contribution < 1.29 is 10.2 Å². The van der Waals surface area contributed by atoms with Gasteiger partial charge in [0.15, 0.2) is 0 Å². The van der Waals surface area contributed by atoms with Crippen molar-refractivity contribution in [1.82, 2.24) is 0 Å². The SMILES string of the molecule is CCC(C)C(O)(C(C)CC)C(CC)C(O)(C(C)CC)C(C)CC. The highest BCUT2D eigenvalue weighted by Gasteiger charge is 2.55. The first-order valence-electron chi connectivity index (χ1n) is 10.1. The summed E-state index contributed by atoms with van der Waals surface area (Å²) >= 11 is 0. The van der Waals surface area contributed by atoms with E-state index in [-0.39, 0.29) is 29.6 Å². The van der Waals surface area contributed by atoms with Gasteiger partial charge in [0, 0.05) is 5.92 Å². The molecule has 0 spiro atoms. The summed E-state index contributed by atoms with van der Waals surface area (Å²) in [6, 6.07) is 0. The van der Waals surface area contributed by atoms with Crippen LogP contribution in [0.2, 0.25) is 0 Å². The Morgan fingerprint density at radius 3 is 0.870 bits per heavy atom. The third kappa shape index (κ3) is 4.12. The van der Waals surface area contributed by atoms with Gasteiger partial charge in [0.1, 0.15) is 0 Å². The maximum absolute atomic E-state index is 11.9. The first-order chi connectivity index (χ1) is 10.6. The molecule has 0 saturated carbocycles. The van der Waals surface area contributed by atoms with Gasteiger partial charge in [0.2, 0.25) is 0 Å². The third-order valence-electron chi connectivity index (χ3n) is 7.13. The van der Waals surface area contributed by atoms with Crippen LogP contribution in [0.4, 0.5) is 0 Å². The summed E-state index contributed by atoms with van der Waals surface area (Å²) in [6.07, 6.45) is 4.57. The number of hydrogen-bond donors (Lipinski definition) is 2. The molecule has 0 fully saturated rings. The lowest BCUT2D eigenvalue weighted by Crippen LogP contribution is -2.62. The Morgan fingerprint density at radius 2 is 0.739 bits per heavy atom. The monoisotopic (exact) mass is 328 g/mol. The van der Waals surface area contributed by atoms with Crippen molar-refractivity contribution in [3.63, 3.8) is 0 Å². The molecule has 0 radical (unpaired) electrons. The fourth-order valence-corrected chi connectivity index (χ4v) is 4.68. The van der Waals surface area contributed by atoms with E-state index in [1.165, 1.54) is 0 Å². The van der Waals surface area contributed by atoms with Crippen molar-refractivity contribution >= 4 is 0 Å². The average molecular weight is 329 g/mol. The normalized spacial score (nSPS) is 24.1. The van der Waals surface area contributed by atoms with E-state index in [0.29, 0.717) is 0 Å². The van der Waals surface area contributed by atoms with Crippen molar-refractivity contribution in [3.05, 3.63) is 0 Å². The Labute approximate surface area is 146 Å². The molecule has 0 amide bonds. The Hall–Kier alpha value is -0.0800. The molecule has 0 aromatic heterocycles. The summed E-state index contributed by atoms with van der Waals surface area (Å²) in [5, 5.41) is 23.7. The van der Waals surface area contributed by atoms with Crippen LogP contribution in [0.25, 0.3) is 0 Å². The van der Waals surface area contributed by atoms with Crippen LogP contribution in [-0.4, -0.2) is 21.4 Å². The lowest BCUT2D eigenvalue weighted by atomic mass is 9.56. The summed E-state index contributed by atoms with van der Waals surface area (Å²) in [5.41, 5.74) is -1.64. The van der Waals surface area contributed by atoms with Crippen molar-refractivity contribution in [3.8, 4) is 0 Å². The zero-order valence-corrected chi connectivity index (χ0v) is 17.3. The molecule has 140 valence electrons. The Balaban J connectivity index is 6.22. The van der Waals surface area contributed by atoms with Crippen molar-refractivity contribution in [2.75, 3.05) is 0 Å². The van der Waals surface area contributed by atoms with Crippen LogP contribution in [0.3, 0.4) is 0 Å². The molecular weight excluding hydrogens is 284 g/mol. The van der Waals surface area contributed by atoms with E-state index < -0.39 is 11.2 Å². The molecule has 0 aliphatic heterocycles. The zero-order chi connectivity index (χ0) is 18.4. The van der Waals surface area contributed by atoms with Crippen molar-refractivity contribution in [2.24, 2.45) is 29.6 Å². The second-order valence-corrected chi connectivity index (χ2v) is 7.97. The molecule has 0 aromatic carbocycles. The summed E-state index contributed by atoms with van der Waals surface area (Å²) in [6.45, 7) is 19.4. The largest absolute Gasteiger partial charge is 0.389 e. The zero-order valence-electron chi connectivity index (χ0n) is 17.3. The molecule has 0 rings (SSSR count). The first kappa shape index (κ1) is 22.9. The minimum Gasteiger partial charge on any atom is -0.389 e. The van der Waals surface area contributed by atoms with E-state index in [1.54, 1.807) is 0 Å². The van der Waals surface area contributed by atoms with Gasteiger partial charge in [-0.25, -0.2) is 0 Å². The van der Waals surface area contributed by atoms with Gasteiger partial charge >= 0.3 is 0 Å². The van der Waals surface area contributed by atoms with Crippen LogP contribution >= 0.6 is 0 Å². The second-order valence-electron chi connectivity index (χ2n) is 7.97. The summed E-state index contributed by atoms with van der Waals surface area (Å²) in [4.78, 5) is 0. The topological polar surface area (TPSA) is 40.5 Å². The molecule has 2 N–H and O–H groups in total. The summed E-state index contributed by atoms with van der Waals surface area (Å²) in [5.74, 6) is 0.637. The highest BCUT2D eigenvalue weighted by Crippen LogP contribution is 2.50. The van der Waals surface area contributed by atoms with Crippen LogP contribution in [-0.2, 0) is 0 Å². The van der Waals surface area contributed by atoms with E-state index in [1.807, 2.05) is 0 Å². The van der Waals surface area contributed by atoms with Gasteiger partial charge in [0.05, 0.1) is 11.2 Å². The van der Waals surface area contributed by atoms with Gasteiger partial charge in [-0.15, -0.1) is 0 Å². The summed E-state index contributed by atoms with van der Waals surface area (Å²) < 4.78 is 0. The lowest BCUT2D eigenvalue weighted by molar-refractivity contribution is -0.212. The van der Waals surface area contributed by atoms with E-state index in [2.05, 4.69) is 62.3 Å². The standard InChI is InChI=1S/C21H44O2/c1-10-15(6)20(22,16(7)11-2)19(14-5)21(23,17(8)12-3)18(9)13-4/h15-19,22-23H,10-14H2,1-9H3. The highest BCUT2D eigenvalue weighted by atomic mass is 16.3. The molecule has 4 unspecified atom stereocenters. The highest BCUT2D eigenvalue weighted by molar-refractivity contribution is 5.05. The van der Waals surface area contributed by atoms with E-state index in [4.69, 9.17) is 0 Å². The average Bonchev–Trinajstić information content (AvgIpc) is 2.58. The van der Waals surface area contributed by atoms with E-state index in [0.717, 1.165) is 32.1 Å². The smallest absolute Gasteiger partial charge is 0.0753 e. The molecule has 0 aliphatic carbocycles. The second kappa shape index (κ2) is 9.42. The molecule has 2 heteroatoms. The minimum atomic E-state index is -0.820. The van der Waals surface area contributed by atoms with Gasteiger partial charge in [-0.2, -0.15) is 0 Å². The predicted octanol–water partition coefficient (Wildman–Crippen LogP) is 5.66. The molecule has 0 bridgehead atoms. The van der Waals surface area contributed by atoms with Crippen molar-refractivity contribution in [1.29, 1.82) is 0 Å². The Kier molecular flexibility index (Phi) is 9.38. The molecule has 0 heterocycles. The number of hydrogen-bond acceptors (Lipinski definition) is 2. The van der Waals surface area contributed by atoms with Crippen LogP contribution in [0.5, 0.6) is 0 Å². The first-order valence-corrected chi connectivity index (χ1v) is 10.1. The Bertz CT molecular complexity index is 276. The lowest BCUT2D eigenvalue weighted by Gasteiger charge is -2.55. The van der Waals surface area contributed by atoms with Crippen LogP contribution in [0, 0.1) is 29.6 Å². The van der Waals surface area contributed by atoms with Gasteiger partial charge in [-0.05, 0) is 30.1 Å². The molecule has 2 nitrogen and oxygen atoms in total. The molecular formula is C21H44O2. The maximum Gasteiger partial charge on any atom is 0.0753 e. The molecule has 4 atom stereocenters. The van der Waals surface area contributed by atoms with Gasteiger partial charge in [-0.1, -0.05) is 88.0 Å². The van der Waals surface area contributed by atoms with E-state index in [9.17, 15) is 10.2 Å². The van der Waals surface area contributed by atoms with E-state index >= 15 is 0 Å². The number of aliphatic hydroxyl groups is 2. The van der Waals surface area contributed by atoms with Crippen LogP contribution < -0.4 is 0 Å². The van der Waals surface area contributed by atoms with Gasteiger partial charge in [0.25, 0.3) is 0 Å². The van der Waals surface area contributed by atoms with Crippen molar-refractivity contribution in [2.45, 2.75) is 106 Å². The van der Waals surface area contributed by atoms with Crippen LogP contribution in [0.15, 0.2) is 0 Å². The Morgan fingerprint density at radius 1 is 0.522 bits per heavy atom. The minimum absolute atomic E-state index is 0.0928. The third-order valence-corrected chi connectivity index (χ3v) is 7.13. The molecule has 0 saturated heterocycles. The number of rotatable bonds is 11. The molecule has 0 aliphatic rings. The predicted molar refractivity (Wildman–Crippen MR) is 102 cm³/mol. The fraction of sp³-hybridized carbons (Fsp3) is 1.00. The summed E-state index contributed by atoms with van der Waals surface area (Å²) in [7, 11) is 0.